The number of rotatable bonds is 91. The van der Waals surface area contributed by atoms with Gasteiger partial charge in [0.15, 0.2) is 17.3 Å². The molecule has 1 unspecified atom stereocenters. The van der Waals surface area contributed by atoms with E-state index in [4.69, 9.17) is 48.1 Å². The fourth-order valence-electron chi connectivity index (χ4n) is 15.9. The number of ether oxygens (including phenoxy) is 8. The van der Waals surface area contributed by atoms with E-state index in [1.165, 1.54) is 135 Å². The van der Waals surface area contributed by atoms with Crippen molar-refractivity contribution in [1.29, 1.82) is 0 Å². The SMILES string of the molecule is CC(=O)CCCOCCOCC(=O)NCCOCCOCC(=O)C(C)(C)C.CC(C)(C)C(=O)COCCOCCNC(=O)COCCOCCCC(=O)[C@H](CCC(=O)O)NC(=O)CC[C@H](CC(=O)C1CCC(CNC(=O)CCCCCCCCCCCCCCCCCCC(=O)O)CC1)C(=O)O.CCCC(NC(=O)C1CCN(C(=O)CCCCCCCCCCCCCCCCCCC(=O)O)CC1)C(=O)O. The molecule has 1 aliphatic heterocycles. The molecule has 6 amide bonds. The lowest BCUT2D eigenvalue weighted by molar-refractivity contribution is -0.145. The van der Waals surface area contributed by atoms with Crippen LogP contribution in [0.2, 0.25) is 0 Å². The summed E-state index contributed by atoms with van der Waals surface area (Å²) in [7, 11) is 0. The number of carboxylic acids is 5. The second-order valence-electron chi connectivity index (χ2n) is 39.8. The van der Waals surface area contributed by atoms with Crippen molar-refractivity contribution in [2.45, 2.75) is 408 Å². The quantitative estimate of drug-likeness (QED) is 0.0253. The lowest BCUT2D eigenvalue weighted by Gasteiger charge is -2.32. The summed E-state index contributed by atoms with van der Waals surface area (Å²) in [6.07, 6.45) is 44.8. The maximum Gasteiger partial charge on any atom is 0.326 e. The van der Waals surface area contributed by atoms with E-state index in [0.29, 0.717) is 136 Å². The van der Waals surface area contributed by atoms with Crippen LogP contribution in [-0.4, -0.2) is 275 Å². The molecule has 2 rings (SSSR count). The largest absolute Gasteiger partial charge is 0.481 e. The van der Waals surface area contributed by atoms with E-state index < -0.39 is 70.4 Å². The van der Waals surface area contributed by atoms with Gasteiger partial charge in [0.2, 0.25) is 35.4 Å². The summed E-state index contributed by atoms with van der Waals surface area (Å²) >= 11 is 0. The van der Waals surface area contributed by atoms with Gasteiger partial charge in [-0.05, 0) is 109 Å². The highest BCUT2D eigenvalue weighted by molar-refractivity contribution is 5.91. The van der Waals surface area contributed by atoms with Crippen LogP contribution < -0.4 is 26.6 Å². The van der Waals surface area contributed by atoms with Gasteiger partial charge in [0, 0.05) is 126 Å². The number of hydrogen-bond donors (Lipinski definition) is 10. The standard InChI is InChI=1S/C56H97N3O16.C31H56N2O6.C19H35NO7/c1-56(2,3)49(62)41-74-37-36-73-34-32-57-52(65)42-75-38-35-72-33-20-21-47(60)46(29-31-54(68)69)59-51(64)30-28-45(55(70)71)39-48(61)44-26-24-43(25-27-44)40-58-50(63)22-18-16-14-12-10-8-6-4-5-7-9-11-13-15-17-19-23-53(66)67;1-2-19-27(31(38)39)32-30(37)26-22-24-33(25-23-26)28(34)20-17-15-13-11-9-7-5-3-4-6-8-10-12-14-16-18-21-29(35)36;1-16(21)6-5-8-24-10-13-27-15-18(23)20-7-9-25-11-12-26-14-17(22)19(2,3)4/h43-46H,4-42H2,1-3H3,(H,57,65)(H,58,63)(H,59,64)(H,66,67)(H,68,69)(H,70,71);26-27H,2-25H2,1H3,(H,32,37)(H,35,36)(H,38,39);5-15H2,1-4H3,(H,20,23)/t43?,44?,45-,46+;;/m1../s1. The second kappa shape index (κ2) is 88.7. The summed E-state index contributed by atoms with van der Waals surface area (Å²) < 4.78 is 42.5. The zero-order valence-electron chi connectivity index (χ0n) is 87.8. The molecule has 2 fully saturated rings. The van der Waals surface area contributed by atoms with E-state index in [-0.39, 0.29) is 194 Å². The van der Waals surface area contributed by atoms with Crippen LogP contribution in [0.5, 0.6) is 0 Å². The van der Waals surface area contributed by atoms with E-state index in [2.05, 4.69) is 26.6 Å². The Balaban J connectivity index is 0.00000245. The third-order valence-corrected chi connectivity index (χ3v) is 25.0. The lowest BCUT2D eigenvalue weighted by atomic mass is 9.78. The number of piperidine rings is 1. The summed E-state index contributed by atoms with van der Waals surface area (Å²) in [4.78, 5) is 192. The molecule has 1 saturated carbocycles. The molecule has 0 bridgehead atoms. The maximum atomic E-state index is 13.2. The molecule has 2 aliphatic rings. The molecule has 1 aliphatic carbocycles. The van der Waals surface area contributed by atoms with Crippen LogP contribution in [-0.2, 0) is 115 Å². The number of carbonyl (C=O) groups is 16. The third-order valence-electron chi connectivity index (χ3n) is 25.0. The Morgan fingerprint density at radius 2 is 0.695 bits per heavy atom. The first-order valence-corrected chi connectivity index (χ1v) is 53.5. The number of carbonyl (C=O) groups excluding carboxylic acids is 11. The van der Waals surface area contributed by atoms with E-state index in [0.717, 1.165) is 83.5 Å². The van der Waals surface area contributed by atoms with Gasteiger partial charge in [-0.15, -0.1) is 0 Å². The van der Waals surface area contributed by atoms with E-state index in [1.807, 2.05) is 53.4 Å². The zero-order chi connectivity index (χ0) is 105. The maximum absolute atomic E-state index is 13.2. The predicted molar refractivity (Wildman–Crippen MR) is 538 cm³/mol. The summed E-state index contributed by atoms with van der Waals surface area (Å²) in [5.74, 6) is -7.51. The first-order chi connectivity index (χ1) is 67.5. The van der Waals surface area contributed by atoms with Crippen molar-refractivity contribution in [1.82, 2.24) is 31.5 Å². The summed E-state index contributed by atoms with van der Waals surface area (Å²) in [6, 6.07) is -1.91. The number of hydrogen-bond acceptors (Lipinski definition) is 24. The highest BCUT2D eigenvalue weighted by Crippen LogP contribution is 2.32. The van der Waals surface area contributed by atoms with Gasteiger partial charge in [0.1, 0.15) is 44.0 Å². The number of ketones is 5. The monoisotopic (exact) mass is 2010 g/mol. The van der Waals surface area contributed by atoms with Crippen molar-refractivity contribution in [2.75, 3.05) is 138 Å². The van der Waals surface area contributed by atoms with Gasteiger partial charge in [0.05, 0.1) is 78.0 Å². The van der Waals surface area contributed by atoms with E-state index in [1.54, 1.807) is 6.92 Å². The molecular formula is C106H188N6O29. The first kappa shape index (κ1) is 133. The van der Waals surface area contributed by atoms with E-state index in [9.17, 15) is 92.0 Å². The molecule has 1 heterocycles. The minimum Gasteiger partial charge on any atom is -0.481 e. The Bertz CT molecular complexity index is 3390. The number of amides is 6. The van der Waals surface area contributed by atoms with Crippen LogP contribution in [0.3, 0.4) is 0 Å². The van der Waals surface area contributed by atoms with Gasteiger partial charge in [0.25, 0.3) is 0 Å². The number of nitrogens with zero attached hydrogens (tertiary/aromatic N) is 1. The Morgan fingerprint density at radius 1 is 0.326 bits per heavy atom. The first-order valence-electron chi connectivity index (χ1n) is 53.5. The Hall–Kier alpha value is -7.80. The third kappa shape index (κ3) is 83.1. The molecule has 3 atom stereocenters. The second-order valence-corrected chi connectivity index (χ2v) is 39.8. The number of aliphatic carboxylic acids is 5. The molecule has 10 N–H and O–H groups in total. The van der Waals surface area contributed by atoms with Gasteiger partial charge in [-0.3, -0.25) is 67.1 Å². The molecule has 35 heteroatoms. The molecule has 0 aromatic rings. The zero-order valence-corrected chi connectivity index (χ0v) is 87.8. The van der Waals surface area contributed by atoms with Crippen molar-refractivity contribution < 1.29 is 140 Å². The fraction of sp³-hybridized carbons (Fsp3) is 0.849. The van der Waals surface area contributed by atoms with Gasteiger partial charge < -0.3 is 99.7 Å². The molecule has 0 radical (unpaired) electrons. The topological polar surface area (TPSA) is 511 Å². The van der Waals surface area contributed by atoms with Crippen LogP contribution in [0.25, 0.3) is 0 Å². The number of nitrogens with one attached hydrogen (secondary N) is 5. The van der Waals surface area contributed by atoms with Gasteiger partial charge in [-0.2, -0.15) is 0 Å². The summed E-state index contributed by atoms with van der Waals surface area (Å²) in [5.41, 5.74) is -0.854. The molecule has 141 heavy (non-hydrogen) atoms. The molecule has 816 valence electrons. The summed E-state index contributed by atoms with van der Waals surface area (Å²) in [5, 5.41) is 59.3. The molecule has 1 saturated heterocycles. The van der Waals surface area contributed by atoms with Crippen molar-refractivity contribution in [3.63, 3.8) is 0 Å². The van der Waals surface area contributed by atoms with Crippen molar-refractivity contribution >= 4 is 94.2 Å². The van der Waals surface area contributed by atoms with Crippen LogP contribution in [0.4, 0.5) is 0 Å². The van der Waals surface area contributed by atoms with Crippen molar-refractivity contribution in [3.05, 3.63) is 0 Å². The highest BCUT2D eigenvalue weighted by atomic mass is 16.5. The minimum absolute atomic E-state index is 0.00194. The number of Topliss-reactive ketones (excluding diaryl/α,β-unsaturated/α-hetero) is 5. The van der Waals surface area contributed by atoms with Crippen LogP contribution in [0.1, 0.15) is 396 Å². The molecular weight excluding hydrogens is 1820 g/mol. The molecule has 0 aromatic heterocycles. The van der Waals surface area contributed by atoms with Crippen LogP contribution in [0.15, 0.2) is 0 Å². The van der Waals surface area contributed by atoms with Gasteiger partial charge in [-0.25, -0.2) is 4.79 Å². The minimum atomic E-state index is -1.19. The Labute approximate surface area is 842 Å². The van der Waals surface area contributed by atoms with Crippen LogP contribution in [0, 0.1) is 34.5 Å². The number of likely N-dealkylation sites (tertiary alicyclic amines) is 1. The number of unbranched alkanes of at least 4 members (excludes halogenated alkanes) is 30. The molecule has 0 spiro atoms. The normalized spacial score (nSPS) is 14.5. The summed E-state index contributed by atoms with van der Waals surface area (Å²) in [6.45, 7) is 20.3. The van der Waals surface area contributed by atoms with Crippen molar-refractivity contribution in [3.8, 4) is 0 Å². The smallest absolute Gasteiger partial charge is 0.326 e. The molecule has 0 aromatic carbocycles. The van der Waals surface area contributed by atoms with Crippen LogP contribution >= 0.6 is 0 Å². The average molecular weight is 2010 g/mol. The Morgan fingerprint density at radius 3 is 1.07 bits per heavy atom. The van der Waals surface area contributed by atoms with Gasteiger partial charge >= 0.3 is 29.8 Å². The Kier molecular flexibility index (Phi) is 83.8. The lowest BCUT2D eigenvalue weighted by Crippen LogP contribution is -2.47. The molecule has 35 nitrogen and oxygen atoms in total. The fourth-order valence-corrected chi connectivity index (χ4v) is 15.9. The van der Waals surface area contributed by atoms with E-state index >= 15 is 0 Å². The number of carboxylic acid groups (broad SMARTS) is 5. The predicted octanol–water partition coefficient (Wildman–Crippen LogP) is 15.8. The van der Waals surface area contributed by atoms with Crippen molar-refractivity contribution in [2.24, 2.45) is 34.5 Å². The average Bonchev–Trinajstić information content (AvgIpc) is 0.867. The highest BCUT2D eigenvalue weighted by Gasteiger charge is 2.33. The van der Waals surface area contributed by atoms with Gasteiger partial charge in [-0.1, -0.05) is 235 Å².